The Morgan fingerprint density at radius 3 is 2.41 bits per heavy atom. The van der Waals surface area contributed by atoms with E-state index in [2.05, 4.69) is 15.4 Å². The van der Waals surface area contributed by atoms with Crippen LogP contribution in [0.3, 0.4) is 0 Å². The number of hydrogen-bond donors (Lipinski definition) is 3. The van der Waals surface area contributed by atoms with Crippen molar-refractivity contribution >= 4 is 5.91 Å². The number of phenolic OH excluding ortho intramolecular Hbond substituents is 2. The number of ether oxygens (including phenoxy) is 1. The molecule has 0 aliphatic carbocycles. The summed E-state index contributed by atoms with van der Waals surface area (Å²) >= 11 is 0. The lowest BCUT2D eigenvalue weighted by atomic mass is 9.95. The predicted molar refractivity (Wildman–Crippen MR) is 149 cm³/mol. The average molecular weight is 528 g/mol. The molecule has 39 heavy (non-hydrogen) atoms. The molecule has 2 heterocycles. The summed E-state index contributed by atoms with van der Waals surface area (Å²) in [7, 11) is 0. The first kappa shape index (κ1) is 26.5. The highest BCUT2D eigenvalue weighted by molar-refractivity contribution is 6.02. The van der Waals surface area contributed by atoms with Crippen LogP contribution in [0.15, 0.2) is 71.3 Å². The third-order valence-corrected chi connectivity index (χ3v) is 6.96. The number of rotatable bonds is 9. The number of phenols is 2. The fourth-order valence-corrected chi connectivity index (χ4v) is 4.86. The van der Waals surface area contributed by atoms with Crippen LogP contribution in [0.25, 0.3) is 22.5 Å². The fourth-order valence-electron chi connectivity index (χ4n) is 4.86. The Morgan fingerprint density at radius 1 is 0.949 bits per heavy atom. The van der Waals surface area contributed by atoms with Crippen molar-refractivity contribution in [2.24, 2.45) is 0 Å². The van der Waals surface area contributed by atoms with E-state index in [9.17, 15) is 15.0 Å². The number of nitrogens with zero attached hydrogens (tertiary/aromatic N) is 2. The first-order chi connectivity index (χ1) is 19.0. The van der Waals surface area contributed by atoms with E-state index in [1.54, 1.807) is 6.07 Å². The topological polar surface area (TPSA) is 108 Å². The molecule has 1 amide bonds. The molecule has 1 aliphatic heterocycles. The molecule has 0 radical (unpaired) electrons. The van der Waals surface area contributed by atoms with E-state index in [0.29, 0.717) is 29.7 Å². The molecular weight excluding hydrogens is 494 g/mol. The number of aromatic nitrogens is 1. The molecule has 4 aromatic rings. The van der Waals surface area contributed by atoms with E-state index in [1.807, 2.05) is 61.5 Å². The standard InChI is InChI=1S/C31H33N3O5/c1-2-32-31(37)29-28(23-11-9-22(10-12-23)20-34-14-16-38-17-15-34)30(39-33-29)25-18-24(26(35)19-27(25)36)13-8-21-6-4-3-5-7-21/h3-7,9-12,18-19,35-36H,2,8,13-17,20H2,1H3,(H,32,37). The van der Waals surface area contributed by atoms with Crippen LogP contribution in [0.4, 0.5) is 0 Å². The third-order valence-electron chi connectivity index (χ3n) is 6.96. The van der Waals surface area contributed by atoms with E-state index in [4.69, 9.17) is 9.26 Å². The monoisotopic (exact) mass is 527 g/mol. The van der Waals surface area contributed by atoms with E-state index in [0.717, 1.165) is 56.0 Å². The van der Waals surface area contributed by atoms with Crippen molar-refractivity contribution < 1.29 is 24.3 Å². The minimum atomic E-state index is -0.359. The molecule has 0 atom stereocenters. The van der Waals surface area contributed by atoms with Gasteiger partial charge in [-0.15, -0.1) is 0 Å². The zero-order chi connectivity index (χ0) is 27.2. The van der Waals surface area contributed by atoms with Crippen LogP contribution in [-0.2, 0) is 24.1 Å². The zero-order valence-corrected chi connectivity index (χ0v) is 22.0. The van der Waals surface area contributed by atoms with Crippen molar-refractivity contribution in [3.05, 3.63) is 89.1 Å². The van der Waals surface area contributed by atoms with E-state index in [1.165, 1.54) is 6.07 Å². The molecule has 1 aliphatic rings. The average Bonchev–Trinajstić information content (AvgIpc) is 3.39. The van der Waals surface area contributed by atoms with Crippen LogP contribution >= 0.6 is 0 Å². The Morgan fingerprint density at radius 2 is 1.69 bits per heavy atom. The summed E-state index contributed by atoms with van der Waals surface area (Å²) < 4.78 is 11.2. The highest BCUT2D eigenvalue weighted by Crippen LogP contribution is 2.42. The largest absolute Gasteiger partial charge is 0.508 e. The first-order valence-corrected chi connectivity index (χ1v) is 13.3. The van der Waals surface area contributed by atoms with E-state index >= 15 is 0 Å². The number of nitrogens with one attached hydrogen (secondary N) is 1. The molecule has 0 spiro atoms. The maximum absolute atomic E-state index is 12.9. The summed E-state index contributed by atoms with van der Waals surface area (Å²) in [5.41, 5.74) is 4.70. The normalized spacial score (nSPS) is 13.9. The Balaban J connectivity index is 1.49. The van der Waals surface area contributed by atoms with Crippen LogP contribution in [0.5, 0.6) is 11.5 Å². The van der Waals surface area contributed by atoms with Gasteiger partial charge in [-0.1, -0.05) is 59.8 Å². The van der Waals surface area contributed by atoms with Gasteiger partial charge in [-0.25, -0.2) is 0 Å². The summed E-state index contributed by atoms with van der Waals surface area (Å²) in [6.45, 7) is 6.35. The molecule has 5 rings (SSSR count). The highest BCUT2D eigenvalue weighted by Gasteiger charge is 2.26. The molecule has 0 bridgehead atoms. The number of morpholine rings is 1. The minimum absolute atomic E-state index is 0.00432. The van der Waals surface area contributed by atoms with Gasteiger partial charge in [0.2, 0.25) is 0 Å². The Labute approximate surface area is 227 Å². The Hall–Kier alpha value is -4.14. The van der Waals surface area contributed by atoms with E-state index < -0.39 is 0 Å². The number of amides is 1. The smallest absolute Gasteiger partial charge is 0.274 e. The molecule has 0 saturated carbocycles. The first-order valence-electron chi connectivity index (χ1n) is 13.3. The van der Waals surface area contributed by atoms with Gasteiger partial charge in [0.15, 0.2) is 11.5 Å². The van der Waals surface area contributed by atoms with Crippen molar-refractivity contribution in [2.45, 2.75) is 26.3 Å². The predicted octanol–water partition coefficient (Wildman–Crippen LogP) is 4.79. The second kappa shape index (κ2) is 12.1. The van der Waals surface area contributed by atoms with Gasteiger partial charge < -0.3 is 24.8 Å². The lowest BCUT2D eigenvalue weighted by Crippen LogP contribution is -2.35. The fraction of sp³-hybridized carbons (Fsp3) is 0.290. The van der Waals surface area contributed by atoms with Crippen molar-refractivity contribution in [1.29, 1.82) is 0 Å². The van der Waals surface area contributed by atoms with Gasteiger partial charge in [-0.3, -0.25) is 9.69 Å². The number of aromatic hydroxyl groups is 2. The highest BCUT2D eigenvalue weighted by atomic mass is 16.5. The van der Waals surface area contributed by atoms with Gasteiger partial charge in [0.25, 0.3) is 5.91 Å². The lowest BCUT2D eigenvalue weighted by Gasteiger charge is -2.26. The van der Waals surface area contributed by atoms with Gasteiger partial charge in [-0.2, -0.15) is 0 Å². The third kappa shape index (κ3) is 6.13. The van der Waals surface area contributed by atoms with Crippen molar-refractivity contribution in [2.75, 3.05) is 32.8 Å². The van der Waals surface area contributed by atoms with Crippen LogP contribution < -0.4 is 5.32 Å². The number of benzene rings is 3. The molecule has 8 nitrogen and oxygen atoms in total. The van der Waals surface area contributed by atoms with Gasteiger partial charge in [0.05, 0.1) is 24.3 Å². The lowest BCUT2D eigenvalue weighted by molar-refractivity contribution is 0.0342. The molecule has 202 valence electrons. The minimum Gasteiger partial charge on any atom is -0.508 e. The zero-order valence-electron chi connectivity index (χ0n) is 22.0. The number of carbonyl (C=O) groups excluding carboxylic acids is 1. The molecule has 0 unspecified atom stereocenters. The summed E-state index contributed by atoms with van der Waals surface area (Å²) in [4.78, 5) is 15.3. The van der Waals surface area contributed by atoms with Gasteiger partial charge in [0, 0.05) is 32.2 Å². The number of aryl methyl sites for hydroxylation is 2. The second-order valence-corrected chi connectivity index (χ2v) is 9.66. The summed E-state index contributed by atoms with van der Waals surface area (Å²) in [6.07, 6.45) is 1.28. The van der Waals surface area contributed by atoms with Gasteiger partial charge in [-0.05, 0) is 48.1 Å². The van der Waals surface area contributed by atoms with Gasteiger partial charge >= 0.3 is 0 Å². The Bertz CT molecular complexity index is 1410. The van der Waals surface area contributed by atoms with Crippen molar-refractivity contribution in [3.63, 3.8) is 0 Å². The SMILES string of the molecule is CCNC(=O)c1noc(-c2cc(CCc3ccccc3)c(O)cc2O)c1-c1ccc(CN2CCOCC2)cc1. The van der Waals surface area contributed by atoms with Crippen LogP contribution in [0.1, 0.15) is 34.1 Å². The number of hydrogen-bond acceptors (Lipinski definition) is 7. The molecule has 1 fully saturated rings. The molecule has 8 heteroatoms. The molecule has 3 aromatic carbocycles. The summed E-state index contributed by atoms with van der Waals surface area (Å²) in [6, 6.07) is 21.0. The maximum Gasteiger partial charge on any atom is 0.274 e. The second-order valence-electron chi connectivity index (χ2n) is 9.66. The van der Waals surface area contributed by atoms with Crippen molar-refractivity contribution in [1.82, 2.24) is 15.4 Å². The van der Waals surface area contributed by atoms with E-state index in [-0.39, 0.29) is 28.9 Å². The molecule has 3 N–H and O–H groups in total. The summed E-state index contributed by atoms with van der Waals surface area (Å²) in [5, 5.41) is 28.3. The maximum atomic E-state index is 12.9. The van der Waals surface area contributed by atoms with Crippen LogP contribution in [-0.4, -0.2) is 59.0 Å². The van der Waals surface area contributed by atoms with Crippen LogP contribution in [0, 0.1) is 0 Å². The molecule has 1 saturated heterocycles. The van der Waals surface area contributed by atoms with Crippen LogP contribution in [0.2, 0.25) is 0 Å². The van der Waals surface area contributed by atoms with Crippen molar-refractivity contribution in [3.8, 4) is 33.9 Å². The Kier molecular flexibility index (Phi) is 8.24. The van der Waals surface area contributed by atoms with Gasteiger partial charge in [0.1, 0.15) is 11.5 Å². The molecular formula is C31H33N3O5. The number of carbonyl (C=O) groups is 1. The quantitative estimate of drug-likeness (QED) is 0.287. The summed E-state index contributed by atoms with van der Waals surface area (Å²) in [5.74, 6) is -0.234. The molecule has 1 aromatic heterocycles.